The fourth-order valence-corrected chi connectivity index (χ4v) is 1.61. The maximum absolute atomic E-state index is 11.3. The Morgan fingerprint density at radius 1 is 1.12 bits per heavy atom. The summed E-state index contributed by atoms with van der Waals surface area (Å²) in [6, 6.07) is 4.00. The second-order valence-electron chi connectivity index (χ2n) is 3.68. The lowest BCUT2D eigenvalue weighted by Crippen LogP contribution is -2.22. The molecule has 0 fully saturated rings. The monoisotopic (exact) mass is 238 g/mol. The lowest BCUT2D eigenvalue weighted by molar-refractivity contribution is -0.0152. The maximum Gasteiger partial charge on any atom is 0.346 e. The van der Waals surface area contributed by atoms with Crippen LogP contribution in [0.4, 0.5) is 0 Å². The van der Waals surface area contributed by atoms with E-state index in [-0.39, 0.29) is 16.7 Å². The molecule has 0 spiro atoms. The van der Waals surface area contributed by atoms with Gasteiger partial charge in [0.05, 0.1) is 17.7 Å². The largest absolute Gasteiger partial charge is 0.394 e. The summed E-state index contributed by atoms with van der Waals surface area (Å²) in [6.45, 7) is -0.609. The smallest absolute Gasteiger partial charge is 0.346 e. The molecule has 90 valence electrons. The molecule has 2 unspecified atom stereocenters. The van der Waals surface area contributed by atoms with E-state index in [4.69, 9.17) is 5.11 Å². The van der Waals surface area contributed by atoms with E-state index in [0.717, 1.165) is 0 Å². The Labute approximate surface area is 96.1 Å². The van der Waals surface area contributed by atoms with Crippen LogP contribution in [0.5, 0.6) is 0 Å². The number of carbonyl (C=O) groups is 2. The molecular formula is C11H10O6. The Balaban J connectivity index is 2.38. The number of aliphatic hydroxyl groups is 3. The SMILES string of the molecule is O=C1OC(=O)c2cc(C(O)C(O)CO)ccc21. The molecule has 3 N–H and O–H groups in total. The lowest BCUT2D eigenvalue weighted by atomic mass is 9.99. The zero-order valence-corrected chi connectivity index (χ0v) is 8.66. The van der Waals surface area contributed by atoms with Gasteiger partial charge in [0.15, 0.2) is 0 Å². The predicted molar refractivity (Wildman–Crippen MR) is 54.2 cm³/mol. The molecular weight excluding hydrogens is 228 g/mol. The first kappa shape index (κ1) is 11.7. The van der Waals surface area contributed by atoms with Crippen molar-refractivity contribution in [3.05, 3.63) is 34.9 Å². The molecule has 0 amide bonds. The quantitative estimate of drug-likeness (QED) is 0.479. The van der Waals surface area contributed by atoms with Crippen LogP contribution in [0.1, 0.15) is 32.4 Å². The minimum absolute atomic E-state index is 0.0525. The fourth-order valence-electron chi connectivity index (χ4n) is 1.61. The highest BCUT2D eigenvalue weighted by atomic mass is 16.6. The molecule has 0 aromatic heterocycles. The summed E-state index contributed by atoms with van der Waals surface area (Å²) in [6.07, 6.45) is -2.67. The summed E-state index contributed by atoms with van der Waals surface area (Å²) in [4.78, 5) is 22.4. The first-order chi connectivity index (χ1) is 8.04. The van der Waals surface area contributed by atoms with Gasteiger partial charge in [0.25, 0.3) is 0 Å². The van der Waals surface area contributed by atoms with Crippen LogP contribution in [0.15, 0.2) is 18.2 Å². The van der Waals surface area contributed by atoms with Gasteiger partial charge in [0.1, 0.15) is 12.2 Å². The molecule has 0 radical (unpaired) electrons. The van der Waals surface area contributed by atoms with Gasteiger partial charge in [-0.25, -0.2) is 9.59 Å². The van der Waals surface area contributed by atoms with Crippen molar-refractivity contribution < 1.29 is 29.6 Å². The topological polar surface area (TPSA) is 104 Å². The highest BCUT2D eigenvalue weighted by molar-refractivity contribution is 6.14. The van der Waals surface area contributed by atoms with E-state index in [1.165, 1.54) is 18.2 Å². The van der Waals surface area contributed by atoms with Gasteiger partial charge >= 0.3 is 11.9 Å². The number of hydrogen-bond acceptors (Lipinski definition) is 6. The van der Waals surface area contributed by atoms with Crippen LogP contribution in [0.2, 0.25) is 0 Å². The first-order valence-electron chi connectivity index (χ1n) is 4.92. The maximum atomic E-state index is 11.3. The van der Waals surface area contributed by atoms with Crippen LogP contribution >= 0.6 is 0 Å². The molecule has 1 aromatic rings. The van der Waals surface area contributed by atoms with Crippen molar-refractivity contribution >= 4 is 11.9 Å². The van der Waals surface area contributed by atoms with Crippen molar-refractivity contribution in [2.24, 2.45) is 0 Å². The second-order valence-corrected chi connectivity index (χ2v) is 3.68. The number of benzene rings is 1. The van der Waals surface area contributed by atoms with Crippen LogP contribution in [0, 0.1) is 0 Å². The summed E-state index contributed by atoms with van der Waals surface area (Å²) >= 11 is 0. The van der Waals surface area contributed by atoms with Gasteiger partial charge in [-0.1, -0.05) is 6.07 Å². The minimum atomic E-state index is -1.35. The number of esters is 2. The first-order valence-corrected chi connectivity index (χ1v) is 4.92. The van der Waals surface area contributed by atoms with Gasteiger partial charge < -0.3 is 20.1 Å². The highest BCUT2D eigenvalue weighted by Gasteiger charge is 2.31. The summed E-state index contributed by atoms with van der Waals surface area (Å²) in [7, 11) is 0. The number of hydrogen-bond donors (Lipinski definition) is 3. The molecule has 6 heteroatoms. The zero-order valence-electron chi connectivity index (χ0n) is 8.66. The molecule has 2 atom stereocenters. The summed E-state index contributed by atoms with van der Waals surface area (Å²) in [5.41, 5.74) is 0.415. The van der Waals surface area contributed by atoms with Crippen molar-refractivity contribution in [2.45, 2.75) is 12.2 Å². The van der Waals surface area contributed by atoms with E-state index in [1.54, 1.807) is 0 Å². The number of aliphatic hydroxyl groups excluding tert-OH is 3. The molecule has 17 heavy (non-hydrogen) atoms. The van der Waals surface area contributed by atoms with E-state index in [9.17, 15) is 19.8 Å². The fraction of sp³-hybridized carbons (Fsp3) is 0.273. The molecule has 1 aliphatic heterocycles. The van der Waals surface area contributed by atoms with Gasteiger partial charge in [0, 0.05) is 0 Å². The number of carbonyl (C=O) groups excluding carboxylic acids is 2. The molecule has 0 bridgehead atoms. The molecule has 0 saturated carbocycles. The van der Waals surface area contributed by atoms with E-state index in [1.807, 2.05) is 0 Å². The Kier molecular flexibility index (Phi) is 2.93. The third kappa shape index (κ3) is 1.93. The molecule has 1 aliphatic rings. The van der Waals surface area contributed by atoms with Gasteiger partial charge in [0.2, 0.25) is 0 Å². The Morgan fingerprint density at radius 2 is 1.76 bits per heavy atom. The van der Waals surface area contributed by atoms with Crippen LogP contribution < -0.4 is 0 Å². The van der Waals surface area contributed by atoms with Crippen molar-refractivity contribution in [3.63, 3.8) is 0 Å². The molecule has 0 saturated heterocycles. The van der Waals surface area contributed by atoms with Crippen LogP contribution in [-0.2, 0) is 4.74 Å². The molecule has 1 aromatic carbocycles. The van der Waals surface area contributed by atoms with E-state index < -0.39 is 30.8 Å². The highest BCUT2D eigenvalue weighted by Crippen LogP contribution is 2.25. The van der Waals surface area contributed by atoms with Crippen molar-refractivity contribution in [1.82, 2.24) is 0 Å². The van der Waals surface area contributed by atoms with Gasteiger partial charge in [-0.05, 0) is 17.7 Å². The van der Waals surface area contributed by atoms with Gasteiger partial charge in [-0.15, -0.1) is 0 Å². The predicted octanol–water partition coefficient (Wildman–Crippen LogP) is -0.616. The number of cyclic esters (lactones) is 2. The molecule has 6 nitrogen and oxygen atoms in total. The standard InChI is InChI=1S/C11H10O6/c12-4-8(13)9(14)5-1-2-6-7(3-5)11(16)17-10(6)15/h1-3,8-9,12-14H,4H2. The molecule has 0 aliphatic carbocycles. The average molecular weight is 238 g/mol. The Hall–Kier alpha value is -1.76. The van der Waals surface area contributed by atoms with Gasteiger partial charge in [-0.3, -0.25) is 0 Å². The number of ether oxygens (including phenoxy) is 1. The molecule has 2 rings (SSSR count). The van der Waals surface area contributed by atoms with Crippen LogP contribution in [0.25, 0.3) is 0 Å². The van der Waals surface area contributed by atoms with Crippen LogP contribution in [-0.4, -0.2) is 40.0 Å². The molecule has 1 heterocycles. The van der Waals surface area contributed by atoms with E-state index in [0.29, 0.717) is 0 Å². The van der Waals surface area contributed by atoms with Crippen molar-refractivity contribution in [3.8, 4) is 0 Å². The third-order valence-corrected chi connectivity index (χ3v) is 2.56. The summed E-state index contributed by atoms with van der Waals surface area (Å²) < 4.78 is 4.38. The summed E-state index contributed by atoms with van der Waals surface area (Å²) in [5.74, 6) is -1.51. The number of rotatable bonds is 3. The van der Waals surface area contributed by atoms with E-state index in [2.05, 4.69) is 4.74 Å². The van der Waals surface area contributed by atoms with Crippen molar-refractivity contribution in [2.75, 3.05) is 6.61 Å². The van der Waals surface area contributed by atoms with Crippen molar-refractivity contribution in [1.29, 1.82) is 0 Å². The summed E-state index contributed by atoms with van der Waals surface area (Å²) in [5, 5.41) is 27.6. The second kappa shape index (κ2) is 4.25. The van der Waals surface area contributed by atoms with Crippen LogP contribution in [0.3, 0.4) is 0 Å². The normalized spacial score (nSPS) is 17.6. The van der Waals surface area contributed by atoms with Gasteiger partial charge in [-0.2, -0.15) is 0 Å². The Morgan fingerprint density at radius 3 is 2.41 bits per heavy atom. The average Bonchev–Trinajstić information content (AvgIpc) is 2.62. The Bertz CT molecular complexity index is 481. The lowest BCUT2D eigenvalue weighted by Gasteiger charge is -2.15. The van der Waals surface area contributed by atoms with E-state index >= 15 is 0 Å². The number of fused-ring (bicyclic) bond motifs is 1. The third-order valence-electron chi connectivity index (χ3n) is 2.56. The minimum Gasteiger partial charge on any atom is -0.394 e. The zero-order chi connectivity index (χ0) is 12.6.